The largest absolute Gasteiger partial charge is 0.348 e. The van der Waals surface area contributed by atoms with Crippen molar-refractivity contribution in [1.82, 2.24) is 20.2 Å². The second-order valence-electron chi connectivity index (χ2n) is 4.35. The fourth-order valence-electron chi connectivity index (χ4n) is 1.39. The predicted molar refractivity (Wildman–Crippen MR) is 62.8 cm³/mol. The molecule has 1 rings (SSSR count). The van der Waals surface area contributed by atoms with Crippen molar-refractivity contribution < 1.29 is 0 Å². The van der Waals surface area contributed by atoms with E-state index in [-0.39, 0.29) is 0 Å². The standard InChI is InChI=1S/C11H22N4/c1-9(5-6-15(3)4)12-7-11-10(2)13-8-14-11/h8-9,12H,5-7H2,1-4H3,(H,13,14). The van der Waals surface area contributed by atoms with Gasteiger partial charge in [0.05, 0.1) is 12.0 Å². The Balaban J connectivity index is 2.22. The van der Waals surface area contributed by atoms with Crippen LogP contribution < -0.4 is 5.32 Å². The molecule has 0 aliphatic carbocycles. The van der Waals surface area contributed by atoms with E-state index in [0.29, 0.717) is 6.04 Å². The molecule has 2 N–H and O–H groups in total. The molecule has 1 aromatic rings. The number of hydrogen-bond acceptors (Lipinski definition) is 3. The molecule has 0 saturated heterocycles. The summed E-state index contributed by atoms with van der Waals surface area (Å²) < 4.78 is 0. The van der Waals surface area contributed by atoms with Crippen LogP contribution in [0.1, 0.15) is 24.7 Å². The van der Waals surface area contributed by atoms with Crippen LogP contribution >= 0.6 is 0 Å². The quantitative estimate of drug-likeness (QED) is 0.740. The summed E-state index contributed by atoms with van der Waals surface area (Å²) in [6.45, 7) is 6.23. The topological polar surface area (TPSA) is 44.0 Å². The van der Waals surface area contributed by atoms with E-state index >= 15 is 0 Å². The lowest BCUT2D eigenvalue weighted by atomic mass is 10.2. The maximum absolute atomic E-state index is 4.25. The van der Waals surface area contributed by atoms with Gasteiger partial charge in [0, 0.05) is 18.3 Å². The van der Waals surface area contributed by atoms with E-state index in [9.17, 15) is 0 Å². The Bertz CT molecular complexity index is 280. The minimum Gasteiger partial charge on any atom is -0.348 e. The van der Waals surface area contributed by atoms with Crippen molar-refractivity contribution in [3.63, 3.8) is 0 Å². The van der Waals surface area contributed by atoms with Crippen LogP contribution in [0.25, 0.3) is 0 Å². The zero-order valence-corrected chi connectivity index (χ0v) is 10.2. The van der Waals surface area contributed by atoms with E-state index in [1.165, 1.54) is 0 Å². The van der Waals surface area contributed by atoms with E-state index < -0.39 is 0 Å². The average Bonchev–Trinajstić information content (AvgIpc) is 2.58. The third kappa shape index (κ3) is 4.44. The minimum absolute atomic E-state index is 0.531. The molecule has 1 atom stereocenters. The smallest absolute Gasteiger partial charge is 0.0925 e. The third-order valence-corrected chi connectivity index (χ3v) is 2.56. The van der Waals surface area contributed by atoms with Gasteiger partial charge in [-0.25, -0.2) is 4.98 Å². The first kappa shape index (κ1) is 12.2. The Morgan fingerprint density at radius 3 is 2.80 bits per heavy atom. The second kappa shape index (κ2) is 5.88. The molecule has 0 amide bonds. The summed E-state index contributed by atoms with van der Waals surface area (Å²) in [6.07, 6.45) is 2.91. The lowest BCUT2D eigenvalue weighted by Crippen LogP contribution is -2.29. The van der Waals surface area contributed by atoms with Gasteiger partial charge < -0.3 is 15.2 Å². The van der Waals surface area contributed by atoms with Crippen LogP contribution in [0.15, 0.2) is 6.33 Å². The van der Waals surface area contributed by atoms with E-state index in [0.717, 1.165) is 30.9 Å². The number of nitrogens with one attached hydrogen (secondary N) is 2. The van der Waals surface area contributed by atoms with Gasteiger partial charge in [-0.3, -0.25) is 0 Å². The van der Waals surface area contributed by atoms with Crippen molar-refractivity contribution >= 4 is 0 Å². The Morgan fingerprint density at radius 1 is 1.53 bits per heavy atom. The number of hydrogen-bond donors (Lipinski definition) is 2. The van der Waals surface area contributed by atoms with Crippen LogP contribution in [0.4, 0.5) is 0 Å². The molecule has 86 valence electrons. The zero-order valence-electron chi connectivity index (χ0n) is 10.2. The highest BCUT2D eigenvalue weighted by molar-refractivity contribution is 5.08. The number of aromatic amines is 1. The molecule has 1 unspecified atom stereocenters. The van der Waals surface area contributed by atoms with E-state index in [4.69, 9.17) is 0 Å². The van der Waals surface area contributed by atoms with Crippen LogP contribution in [0.2, 0.25) is 0 Å². The van der Waals surface area contributed by atoms with Crippen LogP contribution in [-0.4, -0.2) is 41.5 Å². The maximum atomic E-state index is 4.25. The van der Waals surface area contributed by atoms with Crippen LogP contribution in [0.3, 0.4) is 0 Å². The second-order valence-corrected chi connectivity index (χ2v) is 4.35. The number of nitrogens with zero attached hydrogens (tertiary/aromatic N) is 2. The molecular weight excluding hydrogens is 188 g/mol. The van der Waals surface area contributed by atoms with Gasteiger partial charge in [-0.1, -0.05) is 0 Å². The SMILES string of the molecule is Cc1[nH]cnc1CNC(C)CCN(C)C. The normalized spacial score (nSPS) is 13.4. The molecule has 0 radical (unpaired) electrons. The summed E-state index contributed by atoms with van der Waals surface area (Å²) in [7, 11) is 4.20. The first-order chi connectivity index (χ1) is 7.09. The first-order valence-electron chi connectivity index (χ1n) is 5.46. The highest BCUT2D eigenvalue weighted by Gasteiger charge is 2.04. The van der Waals surface area contributed by atoms with Gasteiger partial charge in [0.2, 0.25) is 0 Å². The van der Waals surface area contributed by atoms with Gasteiger partial charge in [0.25, 0.3) is 0 Å². The fraction of sp³-hybridized carbons (Fsp3) is 0.727. The van der Waals surface area contributed by atoms with Crippen molar-refractivity contribution in [2.75, 3.05) is 20.6 Å². The van der Waals surface area contributed by atoms with E-state index in [1.807, 2.05) is 0 Å². The molecule has 0 saturated carbocycles. The van der Waals surface area contributed by atoms with Gasteiger partial charge in [-0.15, -0.1) is 0 Å². The van der Waals surface area contributed by atoms with Crippen molar-refractivity contribution in [3.8, 4) is 0 Å². The number of rotatable bonds is 6. The van der Waals surface area contributed by atoms with Crippen molar-refractivity contribution in [1.29, 1.82) is 0 Å². The lowest BCUT2D eigenvalue weighted by molar-refractivity contribution is 0.365. The first-order valence-corrected chi connectivity index (χ1v) is 5.46. The molecule has 15 heavy (non-hydrogen) atoms. The number of H-pyrrole nitrogens is 1. The summed E-state index contributed by atoms with van der Waals surface area (Å²) in [6, 6.07) is 0.531. The van der Waals surface area contributed by atoms with Gasteiger partial charge in [0.15, 0.2) is 0 Å². The summed E-state index contributed by atoms with van der Waals surface area (Å²) in [5.74, 6) is 0. The minimum atomic E-state index is 0.531. The molecule has 0 spiro atoms. The fourth-order valence-corrected chi connectivity index (χ4v) is 1.39. The Kier molecular flexibility index (Phi) is 4.78. The monoisotopic (exact) mass is 210 g/mol. The van der Waals surface area contributed by atoms with Crippen molar-refractivity contribution in [2.24, 2.45) is 0 Å². The predicted octanol–water partition coefficient (Wildman–Crippen LogP) is 1.15. The van der Waals surface area contributed by atoms with Gasteiger partial charge in [-0.2, -0.15) is 0 Å². The summed E-state index contributed by atoms with van der Waals surface area (Å²) in [5.41, 5.74) is 2.27. The molecule has 4 heteroatoms. The number of imidazole rings is 1. The molecule has 1 heterocycles. The van der Waals surface area contributed by atoms with Crippen LogP contribution in [0, 0.1) is 6.92 Å². The Labute approximate surface area is 92.1 Å². The van der Waals surface area contributed by atoms with Gasteiger partial charge >= 0.3 is 0 Å². The maximum Gasteiger partial charge on any atom is 0.0925 e. The molecule has 1 aromatic heterocycles. The molecule has 0 bridgehead atoms. The molecule has 0 aliphatic heterocycles. The molecule has 0 aromatic carbocycles. The van der Waals surface area contributed by atoms with Gasteiger partial charge in [0.1, 0.15) is 0 Å². The zero-order chi connectivity index (χ0) is 11.3. The average molecular weight is 210 g/mol. The highest BCUT2D eigenvalue weighted by atomic mass is 15.1. The molecule has 4 nitrogen and oxygen atoms in total. The molecular formula is C11H22N4. The van der Waals surface area contributed by atoms with Crippen molar-refractivity contribution in [2.45, 2.75) is 32.9 Å². The summed E-state index contributed by atoms with van der Waals surface area (Å²) in [4.78, 5) is 9.54. The Morgan fingerprint density at radius 2 is 2.27 bits per heavy atom. The van der Waals surface area contributed by atoms with Crippen molar-refractivity contribution in [3.05, 3.63) is 17.7 Å². The van der Waals surface area contributed by atoms with Crippen LogP contribution in [-0.2, 0) is 6.54 Å². The number of aryl methyl sites for hydroxylation is 1. The lowest BCUT2D eigenvalue weighted by Gasteiger charge is -2.16. The number of aromatic nitrogens is 2. The summed E-state index contributed by atoms with van der Waals surface area (Å²) in [5, 5.41) is 3.47. The van der Waals surface area contributed by atoms with Gasteiger partial charge in [-0.05, 0) is 40.9 Å². The third-order valence-electron chi connectivity index (χ3n) is 2.56. The molecule has 0 aliphatic rings. The molecule has 0 fully saturated rings. The highest BCUT2D eigenvalue weighted by Crippen LogP contribution is 2.01. The summed E-state index contributed by atoms with van der Waals surface area (Å²) >= 11 is 0. The van der Waals surface area contributed by atoms with Crippen LogP contribution in [0.5, 0.6) is 0 Å². The van der Waals surface area contributed by atoms with E-state index in [1.54, 1.807) is 6.33 Å². The van der Waals surface area contributed by atoms with E-state index in [2.05, 4.69) is 48.1 Å². The Hall–Kier alpha value is -0.870.